The van der Waals surface area contributed by atoms with Gasteiger partial charge in [0.1, 0.15) is 0 Å². The normalized spacial score (nSPS) is 11.4. The van der Waals surface area contributed by atoms with Crippen LogP contribution < -0.4 is 0 Å². The van der Waals surface area contributed by atoms with Gasteiger partial charge in [-0.1, -0.05) is 161 Å². The van der Waals surface area contributed by atoms with E-state index in [0.29, 0.717) is 0 Å². The lowest BCUT2D eigenvalue weighted by Gasteiger charge is -2.04. The molecule has 170 valence electrons. The van der Waals surface area contributed by atoms with Crippen LogP contribution in [0.4, 0.5) is 0 Å². The second kappa shape index (κ2) is 27.4. The van der Waals surface area contributed by atoms with Gasteiger partial charge < -0.3 is 0 Å². The summed E-state index contributed by atoms with van der Waals surface area (Å²) in [5, 5.41) is 0. The van der Waals surface area contributed by atoms with Crippen LogP contribution in [0.1, 0.15) is 167 Å². The van der Waals surface area contributed by atoms with Gasteiger partial charge >= 0.3 is 0 Å². The van der Waals surface area contributed by atoms with Crippen LogP contribution >= 0.6 is 12.6 Å². The summed E-state index contributed by atoms with van der Waals surface area (Å²) < 4.78 is 0. The smallest absolute Gasteiger partial charge is 0.00979 e. The third kappa shape index (κ3) is 26.4. The Balaban J connectivity index is 2.96. The highest BCUT2D eigenvalue weighted by Crippen LogP contribution is 2.15. The Morgan fingerprint density at radius 2 is 0.464 bits per heavy atom. The summed E-state index contributed by atoms with van der Waals surface area (Å²) in [4.78, 5) is 0. The zero-order valence-corrected chi connectivity index (χ0v) is 20.7. The molecule has 28 heavy (non-hydrogen) atoms. The van der Waals surface area contributed by atoms with Crippen molar-refractivity contribution in [3.8, 4) is 0 Å². The molecule has 0 saturated carbocycles. The average Bonchev–Trinajstić information content (AvgIpc) is 2.71. The van der Waals surface area contributed by atoms with E-state index < -0.39 is 0 Å². The SMILES string of the molecule is CCCCCCCCCCCCCCCCCCCCCCCCCCCS. The van der Waals surface area contributed by atoms with Crippen molar-refractivity contribution < 1.29 is 0 Å². The zero-order chi connectivity index (χ0) is 20.4. The largest absolute Gasteiger partial charge is 0.179 e. The monoisotopic (exact) mass is 412 g/mol. The van der Waals surface area contributed by atoms with Crippen LogP contribution in [-0.4, -0.2) is 5.75 Å². The molecule has 0 aliphatic heterocycles. The summed E-state index contributed by atoms with van der Waals surface area (Å²) in [6.45, 7) is 2.30. The van der Waals surface area contributed by atoms with Crippen molar-refractivity contribution in [2.75, 3.05) is 5.75 Å². The lowest BCUT2D eigenvalue weighted by Crippen LogP contribution is -1.84. The fourth-order valence-corrected chi connectivity index (χ4v) is 4.47. The van der Waals surface area contributed by atoms with Crippen LogP contribution in [0.15, 0.2) is 0 Å². The molecule has 0 aromatic heterocycles. The molecule has 0 aliphatic carbocycles. The standard InChI is InChI=1S/C27H56S/c1-2-3-4-5-6-7-8-9-10-11-12-13-14-15-16-17-18-19-20-21-22-23-24-25-26-27-28/h28H,2-27H2,1H3. The van der Waals surface area contributed by atoms with Crippen molar-refractivity contribution >= 4 is 12.6 Å². The molecule has 0 bridgehead atoms. The predicted molar refractivity (Wildman–Crippen MR) is 135 cm³/mol. The second-order valence-corrected chi connectivity index (χ2v) is 9.66. The van der Waals surface area contributed by atoms with Crippen molar-refractivity contribution in [2.45, 2.75) is 167 Å². The first kappa shape index (κ1) is 28.4. The van der Waals surface area contributed by atoms with Gasteiger partial charge in [0.15, 0.2) is 0 Å². The van der Waals surface area contributed by atoms with Crippen LogP contribution in [0.25, 0.3) is 0 Å². The van der Waals surface area contributed by atoms with E-state index in [1.165, 1.54) is 161 Å². The number of thiol groups is 1. The second-order valence-electron chi connectivity index (χ2n) is 9.21. The fourth-order valence-electron chi connectivity index (χ4n) is 4.25. The highest BCUT2D eigenvalue weighted by atomic mass is 32.1. The van der Waals surface area contributed by atoms with Crippen LogP contribution in [-0.2, 0) is 0 Å². The van der Waals surface area contributed by atoms with Crippen LogP contribution in [0.5, 0.6) is 0 Å². The van der Waals surface area contributed by atoms with E-state index in [9.17, 15) is 0 Å². The van der Waals surface area contributed by atoms with E-state index in [-0.39, 0.29) is 0 Å². The summed E-state index contributed by atoms with van der Waals surface area (Å²) in [6.07, 6.45) is 36.6. The molecule has 0 unspecified atom stereocenters. The summed E-state index contributed by atoms with van der Waals surface area (Å²) in [7, 11) is 0. The average molecular weight is 413 g/mol. The van der Waals surface area contributed by atoms with Crippen LogP contribution in [0.2, 0.25) is 0 Å². The number of rotatable bonds is 25. The molecule has 0 radical (unpaired) electrons. The van der Waals surface area contributed by atoms with Crippen LogP contribution in [0, 0.1) is 0 Å². The third-order valence-corrected chi connectivity index (χ3v) is 6.58. The van der Waals surface area contributed by atoms with Crippen molar-refractivity contribution in [1.29, 1.82) is 0 Å². The van der Waals surface area contributed by atoms with Gasteiger partial charge in [-0.3, -0.25) is 0 Å². The minimum absolute atomic E-state index is 1.07. The summed E-state index contributed by atoms with van der Waals surface area (Å²) in [6, 6.07) is 0. The van der Waals surface area contributed by atoms with Crippen molar-refractivity contribution in [3.05, 3.63) is 0 Å². The molecule has 0 heterocycles. The Hall–Kier alpha value is 0.350. The van der Waals surface area contributed by atoms with Crippen molar-refractivity contribution in [3.63, 3.8) is 0 Å². The maximum Gasteiger partial charge on any atom is -0.00979 e. The molecule has 0 spiro atoms. The van der Waals surface area contributed by atoms with E-state index in [1.54, 1.807) is 0 Å². The van der Waals surface area contributed by atoms with Crippen LogP contribution in [0.3, 0.4) is 0 Å². The van der Waals surface area contributed by atoms with E-state index in [4.69, 9.17) is 0 Å². The lowest BCUT2D eigenvalue weighted by atomic mass is 10.0. The highest BCUT2D eigenvalue weighted by Gasteiger charge is 1.96. The molecule has 0 atom stereocenters. The van der Waals surface area contributed by atoms with Gasteiger partial charge in [-0.15, -0.1) is 0 Å². The molecular formula is C27H56S. The number of hydrogen-bond donors (Lipinski definition) is 1. The Bertz CT molecular complexity index is 225. The number of hydrogen-bond acceptors (Lipinski definition) is 1. The molecule has 0 N–H and O–H groups in total. The summed E-state index contributed by atoms with van der Waals surface area (Å²) in [5.41, 5.74) is 0. The first-order valence-electron chi connectivity index (χ1n) is 13.5. The topological polar surface area (TPSA) is 0 Å². The minimum Gasteiger partial charge on any atom is -0.179 e. The van der Waals surface area contributed by atoms with E-state index in [1.807, 2.05) is 0 Å². The maximum absolute atomic E-state index is 4.27. The van der Waals surface area contributed by atoms with Crippen molar-refractivity contribution in [2.24, 2.45) is 0 Å². The summed E-state index contributed by atoms with van der Waals surface area (Å²) >= 11 is 4.27. The minimum atomic E-state index is 1.07. The van der Waals surface area contributed by atoms with Gasteiger partial charge in [-0.25, -0.2) is 0 Å². The molecule has 0 rings (SSSR count). The Kier molecular flexibility index (Phi) is 27.7. The van der Waals surface area contributed by atoms with Gasteiger partial charge in [0, 0.05) is 0 Å². The molecule has 0 aliphatic rings. The molecule has 0 amide bonds. The third-order valence-electron chi connectivity index (χ3n) is 6.26. The van der Waals surface area contributed by atoms with E-state index in [2.05, 4.69) is 19.6 Å². The molecule has 1 heteroatoms. The molecule has 0 aromatic carbocycles. The van der Waals surface area contributed by atoms with Gasteiger partial charge in [0.2, 0.25) is 0 Å². The quantitative estimate of drug-likeness (QED) is 0.112. The molecule has 0 fully saturated rings. The Labute approximate surface area is 185 Å². The molecule has 0 aromatic rings. The Morgan fingerprint density at radius 3 is 0.643 bits per heavy atom. The van der Waals surface area contributed by atoms with Crippen molar-refractivity contribution in [1.82, 2.24) is 0 Å². The van der Waals surface area contributed by atoms with E-state index in [0.717, 1.165) is 5.75 Å². The van der Waals surface area contributed by atoms with Gasteiger partial charge in [-0.05, 0) is 12.2 Å². The first-order chi connectivity index (χ1) is 13.9. The first-order valence-corrected chi connectivity index (χ1v) is 14.2. The molecule has 0 nitrogen and oxygen atoms in total. The predicted octanol–water partition coefficient (Wildman–Crippen LogP) is 10.7. The molecule has 0 saturated heterocycles. The van der Waals surface area contributed by atoms with Gasteiger partial charge in [-0.2, -0.15) is 12.6 Å². The lowest BCUT2D eigenvalue weighted by molar-refractivity contribution is 0.517. The fraction of sp³-hybridized carbons (Fsp3) is 1.00. The van der Waals surface area contributed by atoms with E-state index >= 15 is 0 Å². The van der Waals surface area contributed by atoms with Gasteiger partial charge in [0.25, 0.3) is 0 Å². The summed E-state index contributed by atoms with van der Waals surface area (Å²) in [5.74, 6) is 1.07. The number of unbranched alkanes of at least 4 members (excludes halogenated alkanes) is 24. The molecular weight excluding hydrogens is 356 g/mol. The maximum atomic E-state index is 4.27. The highest BCUT2D eigenvalue weighted by molar-refractivity contribution is 7.80. The Morgan fingerprint density at radius 1 is 0.286 bits per heavy atom. The zero-order valence-electron chi connectivity index (χ0n) is 19.8. The van der Waals surface area contributed by atoms with Gasteiger partial charge in [0.05, 0.1) is 0 Å².